The molecule has 7 nitrogen and oxygen atoms in total. The standard InChI is InChI=1S/C23H32N2O5/c1-23(2)22(28)20(25-12-14-29-15-13-25)19-17(30-23)8-6-16(21(19)27)7-9-18(26)24-10-4-3-5-11-24/h6-9,20,22,27-28H,3-5,10-15H2,1-2H3/p+1/b9-7+/t20-,22-/m1/s1. The van der Waals surface area contributed by atoms with Crippen LogP contribution in [0.15, 0.2) is 18.2 Å². The van der Waals surface area contributed by atoms with Gasteiger partial charge in [-0.25, -0.2) is 0 Å². The predicted molar refractivity (Wildman–Crippen MR) is 113 cm³/mol. The monoisotopic (exact) mass is 417 g/mol. The van der Waals surface area contributed by atoms with Gasteiger partial charge in [-0.2, -0.15) is 0 Å². The fourth-order valence-corrected chi connectivity index (χ4v) is 4.79. The van der Waals surface area contributed by atoms with E-state index in [1.54, 1.807) is 12.1 Å². The summed E-state index contributed by atoms with van der Waals surface area (Å²) in [6, 6.07) is 3.28. The highest BCUT2D eigenvalue weighted by Gasteiger charge is 2.49. The van der Waals surface area contributed by atoms with Crippen LogP contribution in [0.1, 0.15) is 50.3 Å². The molecule has 1 aromatic rings. The zero-order valence-electron chi connectivity index (χ0n) is 17.9. The SMILES string of the molecule is CC1(C)Oc2ccc(/C=C/C(=O)N3CCCCC3)c(O)c2[C@@H]([NH+]2CCOCC2)[C@H]1O. The third kappa shape index (κ3) is 4.06. The van der Waals surface area contributed by atoms with Crippen LogP contribution in [0.4, 0.5) is 0 Å². The number of benzene rings is 1. The van der Waals surface area contributed by atoms with Crippen LogP contribution in [0.5, 0.6) is 11.5 Å². The van der Waals surface area contributed by atoms with Crippen molar-refractivity contribution in [2.45, 2.75) is 50.9 Å². The fourth-order valence-electron chi connectivity index (χ4n) is 4.79. The maximum Gasteiger partial charge on any atom is 0.246 e. The molecular weight excluding hydrogens is 384 g/mol. The summed E-state index contributed by atoms with van der Waals surface area (Å²) >= 11 is 0. The van der Waals surface area contributed by atoms with Gasteiger partial charge in [0, 0.05) is 24.7 Å². The molecule has 3 heterocycles. The van der Waals surface area contributed by atoms with Crippen LogP contribution in [0.25, 0.3) is 6.08 Å². The Hall–Kier alpha value is -2.09. The van der Waals surface area contributed by atoms with Gasteiger partial charge in [0.2, 0.25) is 5.91 Å². The van der Waals surface area contributed by atoms with Crippen molar-refractivity contribution in [3.05, 3.63) is 29.3 Å². The lowest BCUT2D eigenvalue weighted by molar-refractivity contribution is -0.944. The molecule has 30 heavy (non-hydrogen) atoms. The molecule has 3 aliphatic rings. The van der Waals surface area contributed by atoms with E-state index in [9.17, 15) is 15.0 Å². The number of hydrogen-bond acceptors (Lipinski definition) is 5. The van der Waals surface area contributed by atoms with Gasteiger partial charge in [-0.15, -0.1) is 0 Å². The van der Waals surface area contributed by atoms with Gasteiger partial charge in [0.1, 0.15) is 36.3 Å². The second-order valence-corrected chi connectivity index (χ2v) is 9.03. The van der Waals surface area contributed by atoms with Crippen LogP contribution in [0, 0.1) is 0 Å². The minimum Gasteiger partial charge on any atom is -0.507 e. The zero-order valence-corrected chi connectivity index (χ0v) is 17.9. The van der Waals surface area contributed by atoms with Crippen molar-refractivity contribution in [3.8, 4) is 11.5 Å². The molecule has 0 aliphatic carbocycles. The topological polar surface area (TPSA) is 83.7 Å². The molecule has 1 aromatic carbocycles. The number of phenolic OH excluding ortho intramolecular Hbond substituents is 1. The molecule has 2 saturated heterocycles. The molecule has 4 rings (SSSR count). The minimum atomic E-state index is -0.779. The molecule has 2 fully saturated rings. The highest BCUT2D eigenvalue weighted by Crippen LogP contribution is 2.44. The molecule has 0 bridgehead atoms. The second-order valence-electron chi connectivity index (χ2n) is 9.03. The number of piperidine rings is 1. The molecule has 2 atom stereocenters. The van der Waals surface area contributed by atoms with Gasteiger partial charge < -0.3 is 29.5 Å². The maximum absolute atomic E-state index is 12.5. The first-order valence-electron chi connectivity index (χ1n) is 11.0. The number of aliphatic hydroxyl groups excluding tert-OH is 1. The van der Waals surface area contributed by atoms with Gasteiger partial charge in [-0.3, -0.25) is 4.79 Å². The van der Waals surface area contributed by atoms with E-state index in [1.807, 2.05) is 24.8 Å². The summed E-state index contributed by atoms with van der Waals surface area (Å²) in [6.45, 7) is 8.08. The summed E-state index contributed by atoms with van der Waals surface area (Å²) in [5.41, 5.74) is 0.412. The highest BCUT2D eigenvalue weighted by atomic mass is 16.5. The van der Waals surface area contributed by atoms with Crippen molar-refractivity contribution in [2.75, 3.05) is 39.4 Å². The Labute approximate surface area is 177 Å². The molecule has 164 valence electrons. The number of hydrogen-bond donors (Lipinski definition) is 3. The number of amides is 1. The van der Waals surface area contributed by atoms with Crippen molar-refractivity contribution in [1.82, 2.24) is 4.90 Å². The Kier molecular flexibility index (Phi) is 6.04. The first-order chi connectivity index (χ1) is 14.4. The number of aromatic hydroxyl groups is 1. The molecule has 0 saturated carbocycles. The van der Waals surface area contributed by atoms with Gasteiger partial charge in [0.25, 0.3) is 0 Å². The first-order valence-corrected chi connectivity index (χ1v) is 11.0. The predicted octanol–water partition coefficient (Wildman–Crippen LogP) is 0.906. The Morgan fingerprint density at radius 1 is 1.20 bits per heavy atom. The van der Waals surface area contributed by atoms with E-state index in [4.69, 9.17) is 9.47 Å². The number of nitrogens with zero attached hydrogens (tertiary/aromatic N) is 1. The lowest BCUT2D eigenvalue weighted by atomic mass is 9.84. The molecule has 0 spiro atoms. The molecule has 0 aromatic heterocycles. The van der Waals surface area contributed by atoms with Crippen molar-refractivity contribution >= 4 is 12.0 Å². The lowest BCUT2D eigenvalue weighted by Gasteiger charge is -2.45. The number of likely N-dealkylation sites (tertiary alicyclic amines) is 1. The van der Waals surface area contributed by atoms with Crippen LogP contribution in [-0.4, -0.2) is 72.1 Å². The van der Waals surface area contributed by atoms with E-state index in [1.165, 1.54) is 17.4 Å². The van der Waals surface area contributed by atoms with E-state index in [-0.39, 0.29) is 17.7 Å². The van der Waals surface area contributed by atoms with Crippen LogP contribution < -0.4 is 9.64 Å². The third-order valence-electron chi connectivity index (χ3n) is 6.57. The Balaban J connectivity index is 1.65. The number of nitrogens with one attached hydrogen (secondary N) is 1. The summed E-state index contributed by atoms with van der Waals surface area (Å²) in [7, 11) is 0. The summed E-state index contributed by atoms with van der Waals surface area (Å²) in [6.07, 6.45) is 5.68. The lowest BCUT2D eigenvalue weighted by Crippen LogP contribution is -3.15. The third-order valence-corrected chi connectivity index (χ3v) is 6.57. The normalized spacial score (nSPS) is 27.0. The maximum atomic E-state index is 12.5. The number of ether oxygens (including phenoxy) is 2. The molecule has 3 aliphatic heterocycles. The Morgan fingerprint density at radius 3 is 2.60 bits per heavy atom. The number of carbonyl (C=O) groups is 1. The first kappa shape index (κ1) is 21.2. The van der Waals surface area contributed by atoms with Crippen molar-refractivity contribution in [1.29, 1.82) is 0 Å². The number of rotatable bonds is 3. The summed E-state index contributed by atoms with van der Waals surface area (Å²) in [4.78, 5) is 15.5. The van der Waals surface area contributed by atoms with Crippen LogP contribution >= 0.6 is 0 Å². The zero-order chi connectivity index (χ0) is 21.3. The second kappa shape index (κ2) is 8.57. The van der Waals surface area contributed by atoms with E-state index < -0.39 is 11.7 Å². The largest absolute Gasteiger partial charge is 0.507 e. The smallest absolute Gasteiger partial charge is 0.246 e. The van der Waals surface area contributed by atoms with Gasteiger partial charge in [-0.1, -0.05) is 0 Å². The number of aliphatic hydroxyl groups is 1. The average molecular weight is 418 g/mol. The Bertz CT molecular complexity index is 810. The summed E-state index contributed by atoms with van der Waals surface area (Å²) in [5, 5.41) is 22.3. The van der Waals surface area contributed by atoms with E-state index >= 15 is 0 Å². The van der Waals surface area contributed by atoms with Crippen LogP contribution in [-0.2, 0) is 9.53 Å². The highest BCUT2D eigenvalue weighted by molar-refractivity contribution is 5.92. The summed E-state index contributed by atoms with van der Waals surface area (Å²) < 4.78 is 11.5. The van der Waals surface area contributed by atoms with Crippen LogP contribution in [0.3, 0.4) is 0 Å². The molecule has 3 N–H and O–H groups in total. The van der Waals surface area contributed by atoms with Gasteiger partial charge in [0.05, 0.1) is 18.8 Å². The number of phenols is 1. The van der Waals surface area contributed by atoms with E-state index in [0.717, 1.165) is 39.0 Å². The molecular formula is C23H33N2O5+. The molecule has 7 heteroatoms. The van der Waals surface area contributed by atoms with Gasteiger partial charge in [0.15, 0.2) is 6.04 Å². The fraction of sp³-hybridized carbons (Fsp3) is 0.609. The van der Waals surface area contributed by atoms with E-state index in [0.29, 0.717) is 30.1 Å². The van der Waals surface area contributed by atoms with Crippen molar-refractivity contribution < 1.29 is 29.4 Å². The van der Waals surface area contributed by atoms with Crippen molar-refractivity contribution in [3.63, 3.8) is 0 Å². The van der Waals surface area contributed by atoms with Crippen LogP contribution in [0.2, 0.25) is 0 Å². The molecule has 0 radical (unpaired) electrons. The number of carbonyl (C=O) groups excluding carboxylic acids is 1. The minimum absolute atomic E-state index is 0.0282. The Morgan fingerprint density at radius 2 is 1.90 bits per heavy atom. The average Bonchev–Trinajstić information content (AvgIpc) is 2.75. The van der Waals surface area contributed by atoms with Gasteiger partial charge >= 0.3 is 0 Å². The number of fused-ring (bicyclic) bond motifs is 1. The molecule has 1 amide bonds. The summed E-state index contributed by atoms with van der Waals surface area (Å²) in [5.74, 6) is 0.639. The van der Waals surface area contributed by atoms with E-state index in [2.05, 4.69) is 0 Å². The quantitative estimate of drug-likeness (QED) is 0.637. The molecule has 0 unspecified atom stereocenters. The van der Waals surface area contributed by atoms with Crippen molar-refractivity contribution in [2.24, 2.45) is 0 Å². The number of morpholine rings is 1. The number of quaternary nitrogens is 1. The van der Waals surface area contributed by atoms with Gasteiger partial charge in [-0.05, 0) is 51.3 Å².